The van der Waals surface area contributed by atoms with Gasteiger partial charge >= 0.3 is 0 Å². The molecule has 0 amide bonds. The molecule has 2 atom stereocenters. The second-order valence-corrected chi connectivity index (χ2v) is 7.65. The maximum absolute atomic E-state index is 13.7. The molecule has 1 fully saturated rings. The van der Waals surface area contributed by atoms with Crippen molar-refractivity contribution in [3.05, 3.63) is 59.0 Å². The van der Waals surface area contributed by atoms with E-state index in [9.17, 15) is 4.39 Å². The maximum Gasteiger partial charge on any atom is 0.161 e. The number of nitrogens with zero attached hydrogens (tertiary/aromatic N) is 1. The third kappa shape index (κ3) is 2.68. The fourth-order valence-corrected chi connectivity index (χ4v) is 4.72. The lowest BCUT2D eigenvalue weighted by Gasteiger charge is -2.35. The first kappa shape index (κ1) is 17.3. The van der Waals surface area contributed by atoms with E-state index in [1.165, 1.54) is 24.5 Å². The van der Waals surface area contributed by atoms with Crippen LogP contribution in [-0.2, 0) is 0 Å². The molecule has 0 radical (unpaired) electrons. The van der Waals surface area contributed by atoms with Crippen molar-refractivity contribution in [2.75, 3.05) is 14.2 Å². The van der Waals surface area contributed by atoms with E-state index in [0.29, 0.717) is 11.7 Å². The van der Waals surface area contributed by atoms with Gasteiger partial charge in [-0.1, -0.05) is 12.8 Å². The summed E-state index contributed by atoms with van der Waals surface area (Å²) in [5.74, 6) is 1.63. The van der Waals surface area contributed by atoms with E-state index in [4.69, 9.17) is 14.5 Å². The summed E-state index contributed by atoms with van der Waals surface area (Å²) in [6.45, 7) is 0. The molecule has 4 nitrogen and oxygen atoms in total. The zero-order valence-corrected chi connectivity index (χ0v) is 16.1. The van der Waals surface area contributed by atoms with Gasteiger partial charge in [0.1, 0.15) is 5.82 Å². The summed E-state index contributed by atoms with van der Waals surface area (Å²) < 4.78 is 24.8. The zero-order chi connectivity index (χ0) is 19.3. The van der Waals surface area contributed by atoms with E-state index in [1.54, 1.807) is 26.4 Å². The highest BCUT2D eigenvalue weighted by atomic mass is 19.1. The van der Waals surface area contributed by atoms with Crippen LogP contribution in [0.2, 0.25) is 0 Å². The molecular formula is C23H23FN2O2. The van der Waals surface area contributed by atoms with E-state index in [1.807, 2.05) is 12.1 Å². The van der Waals surface area contributed by atoms with E-state index in [0.717, 1.165) is 46.5 Å². The summed E-state index contributed by atoms with van der Waals surface area (Å²) in [5, 5.41) is 0.852. The highest BCUT2D eigenvalue weighted by Gasteiger charge is 2.35. The molecule has 0 bridgehead atoms. The number of fused-ring (bicyclic) bond motifs is 4. The first-order chi connectivity index (χ1) is 13.7. The number of aliphatic imine (C=N–C) groups is 1. The molecule has 144 valence electrons. The summed E-state index contributed by atoms with van der Waals surface area (Å²) >= 11 is 0. The number of aromatic amines is 1. The Morgan fingerprint density at radius 3 is 2.61 bits per heavy atom. The normalized spacial score (nSPS) is 21.0. The molecule has 0 spiro atoms. The molecule has 2 heterocycles. The number of hydrogen-bond donors (Lipinski definition) is 1. The fraction of sp³-hybridized carbons (Fsp3) is 0.348. The Kier molecular flexibility index (Phi) is 4.11. The number of rotatable bonds is 3. The lowest BCUT2D eigenvalue weighted by molar-refractivity contribution is 0.349. The molecule has 3 aromatic rings. The standard InChI is InChI=1S/C23H23FN2O2/c1-27-21-11-16-15-5-3-4-6-19(15)26-23(17(16)12-22(21)28-2)20-10-13-9-14(24)7-8-18(13)25-20/h7-12,15,19,25H,3-6H2,1-2H3/t15-,19-/m1/s1. The number of nitrogens with one attached hydrogen (secondary N) is 1. The van der Waals surface area contributed by atoms with Crippen LogP contribution in [-0.4, -0.2) is 31.0 Å². The topological polar surface area (TPSA) is 46.6 Å². The van der Waals surface area contributed by atoms with Gasteiger partial charge in [0.25, 0.3) is 0 Å². The van der Waals surface area contributed by atoms with Crippen molar-refractivity contribution in [2.24, 2.45) is 4.99 Å². The van der Waals surface area contributed by atoms with Gasteiger partial charge in [-0.3, -0.25) is 4.99 Å². The van der Waals surface area contributed by atoms with Crippen molar-refractivity contribution in [2.45, 2.75) is 37.6 Å². The fourth-order valence-electron chi connectivity index (χ4n) is 4.72. The van der Waals surface area contributed by atoms with Gasteiger partial charge in [0.2, 0.25) is 0 Å². The van der Waals surface area contributed by atoms with Gasteiger partial charge in [-0.2, -0.15) is 0 Å². The van der Waals surface area contributed by atoms with Crippen LogP contribution in [0.4, 0.5) is 4.39 Å². The Hall–Kier alpha value is -2.82. The molecule has 2 aliphatic rings. The lowest BCUT2D eigenvalue weighted by Crippen LogP contribution is -2.29. The number of benzene rings is 2. The summed E-state index contributed by atoms with van der Waals surface area (Å²) in [4.78, 5) is 8.58. The molecule has 0 unspecified atom stereocenters. The van der Waals surface area contributed by atoms with Crippen molar-refractivity contribution in [1.29, 1.82) is 0 Å². The molecule has 5 heteroatoms. The SMILES string of the molecule is COc1cc2c(cc1OC)[C@H]1CCCC[C@H]1N=C2c1cc2cc(F)ccc2[nH]1. The minimum Gasteiger partial charge on any atom is -0.493 e. The first-order valence-electron chi connectivity index (χ1n) is 9.80. The molecule has 1 aliphatic heterocycles. The number of halogens is 1. The number of hydrogen-bond acceptors (Lipinski definition) is 3. The van der Waals surface area contributed by atoms with Gasteiger partial charge in [-0.15, -0.1) is 0 Å². The van der Waals surface area contributed by atoms with E-state index in [2.05, 4.69) is 11.1 Å². The van der Waals surface area contributed by atoms with Crippen LogP contribution in [0.1, 0.15) is 48.4 Å². The summed E-state index contributed by atoms with van der Waals surface area (Å²) in [6, 6.07) is 11.2. The first-order valence-corrected chi connectivity index (χ1v) is 9.80. The van der Waals surface area contributed by atoms with Crippen molar-refractivity contribution in [1.82, 2.24) is 4.98 Å². The third-order valence-electron chi connectivity index (χ3n) is 6.07. The summed E-state index contributed by atoms with van der Waals surface area (Å²) in [7, 11) is 3.33. The highest BCUT2D eigenvalue weighted by Crippen LogP contribution is 2.44. The molecule has 1 aromatic heterocycles. The second kappa shape index (κ2) is 6.66. The predicted molar refractivity (Wildman–Crippen MR) is 108 cm³/mol. The quantitative estimate of drug-likeness (QED) is 0.681. The van der Waals surface area contributed by atoms with Gasteiger partial charge in [-0.05, 0) is 54.8 Å². The minimum atomic E-state index is -0.234. The van der Waals surface area contributed by atoms with Crippen LogP contribution in [0.5, 0.6) is 11.5 Å². The number of aromatic nitrogens is 1. The Bertz CT molecular complexity index is 1090. The Balaban J connectivity index is 1.71. The maximum atomic E-state index is 13.7. The third-order valence-corrected chi connectivity index (χ3v) is 6.07. The van der Waals surface area contributed by atoms with Crippen LogP contribution in [0.25, 0.3) is 10.9 Å². The number of H-pyrrole nitrogens is 1. The average molecular weight is 378 g/mol. The Morgan fingerprint density at radius 1 is 1.00 bits per heavy atom. The van der Waals surface area contributed by atoms with Gasteiger partial charge in [-0.25, -0.2) is 4.39 Å². The van der Waals surface area contributed by atoms with Gasteiger partial charge in [0, 0.05) is 22.4 Å². The van der Waals surface area contributed by atoms with Crippen LogP contribution in [0.15, 0.2) is 41.4 Å². The Morgan fingerprint density at radius 2 is 1.79 bits per heavy atom. The molecule has 1 N–H and O–H groups in total. The molecule has 1 aliphatic carbocycles. The minimum absolute atomic E-state index is 0.234. The van der Waals surface area contributed by atoms with Crippen molar-refractivity contribution in [3.8, 4) is 11.5 Å². The van der Waals surface area contributed by atoms with Crippen molar-refractivity contribution in [3.63, 3.8) is 0 Å². The zero-order valence-electron chi connectivity index (χ0n) is 16.1. The Labute approximate surface area is 163 Å². The smallest absolute Gasteiger partial charge is 0.161 e. The lowest BCUT2D eigenvalue weighted by atomic mass is 9.75. The summed E-state index contributed by atoms with van der Waals surface area (Å²) in [6.07, 6.45) is 4.67. The van der Waals surface area contributed by atoms with E-state index >= 15 is 0 Å². The van der Waals surface area contributed by atoms with E-state index < -0.39 is 0 Å². The summed E-state index contributed by atoms with van der Waals surface area (Å²) in [5.41, 5.74) is 5.10. The largest absolute Gasteiger partial charge is 0.493 e. The highest BCUT2D eigenvalue weighted by molar-refractivity contribution is 6.15. The van der Waals surface area contributed by atoms with Crippen molar-refractivity contribution < 1.29 is 13.9 Å². The predicted octanol–water partition coefficient (Wildman–Crippen LogP) is 5.20. The number of methoxy groups -OCH3 is 2. The molecular weight excluding hydrogens is 355 g/mol. The van der Waals surface area contributed by atoms with Gasteiger partial charge in [0.15, 0.2) is 11.5 Å². The molecule has 2 aromatic carbocycles. The van der Waals surface area contributed by atoms with Gasteiger partial charge < -0.3 is 14.5 Å². The van der Waals surface area contributed by atoms with Crippen molar-refractivity contribution >= 4 is 16.6 Å². The van der Waals surface area contributed by atoms with Crippen LogP contribution >= 0.6 is 0 Å². The van der Waals surface area contributed by atoms with Crippen LogP contribution in [0.3, 0.4) is 0 Å². The molecule has 1 saturated carbocycles. The van der Waals surface area contributed by atoms with Gasteiger partial charge in [0.05, 0.1) is 31.7 Å². The molecule has 5 rings (SSSR count). The number of ether oxygens (including phenoxy) is 2. The van der Waals surface area contributed by atoms with E-state index in [-0.39, 0.29) is 11.9 Å². The average Bonchev–Trinajstić information content (AvgIpc) is 3.15. The molecule has 0 saturated heterocycles. The van der Waals surface area contributed by atoms with Crippen LogP contribution < -0.4 is 9.47 Å². The van der Waals surface area contributed by atoms with Crippen LogP contribution in [0, 0.1) is 5.82 Å². The molecule has 28 heavy (non-hydrogen) atoms. The second-order valence-electron chi connectivity index (χ2n) is 7.65. The monoisotopic (exact) mass is 378 g/mol.